The molecule has 2 aromatic heterocycles. The fourth-order valence-corrected chi connectivity index (χ4v) is 5.47. The number of methoxy groups -OCH3 is 3. The monoisotopic (exact) mass is 428 g/mol. The van der Waals surface area contributed by atoms with Crippen molar-refractivity contribution >= 4 is 27.4 Å². The lowest BCUT2D eigenvalue weighted by molar-refractivity contribution is 0.292. The van der Waals surface area contributed by atoms with Crippen LogP contribution in [0, 0.1) is 0 Å². The van der Waals surface area contributed by atoms with Crippen LogP contribution in [0.5, 0.6) is 17.2 Å². The first kappa shape index (κ1) is 20.7. The molecule has 0 amide bonds. The van der Waals surface area contributed by atoms with Crippen molar-refractivity contribution in [1.29, 1.82) is 0 Å². The first-order valence-electron chi connectivity index (χ1n) is 10.1. The van der Waals surface area contributed by atoms with Crippen molar-refractivity contribution in [1.82, 2.24) is 14.9 Å². The molecule has 8 heteroatoms. The predicted octanol–water partition coefficient (Wildman–Crippen LogP) is 3.81. The maximum Gasteiger partial charge on any atom is 0.203 e. The summed E-state index contributed by atoms with van der Waals surface area (Å²) >= 11 is 1.77. The average Bonchev–Trinajstić information content (AvgIpc) is 3.11. The van der Waals surface area contributed by atoms with E-state index < -0.39 is 0 Å². The number of aryl methyl sites for hydroxylation is 2. The standard InChI is InChI=1S/C22H28N4O3S/c1-26(11-13-9-10-15(27-2)20(29-4)19(13)28-3)12-17-24-21(23)18-14-7-5-6-8-16(14)30-22(18)25-17/h9-10H,5-8,11-12H2,1-4H3,(H2,23,24,25). The van der Waals surface area contributed by atoms with Gasteiger partial charge in [-0.15, -0.1) is 11.3 Å². The molecule has 0 atom stereocenters. The van der Waals surface area contributed by atoms with Gasteiger partial charge in [0, 0.05) is 17.0 Å². The summed E-state index contributed by atoms with van der Waals surface area (Å²) in [4.78, 5) is 14.0. The third kappa shape index (κ3) is 3.77. The molecule has 30 heavy (non-hydrogen) atoms. The molecule has 1 aromatic carbocycles. The van der Waals surface area contributed by atoms with Crippen molar-refractivity contribution in [3.05, 3.63) is 34.0 Å². The van der Waals surface area contributed by atoms with Gasteiger partial charge >= 0.3 is 0 Å². The second kappa shape index (κ2) is 8.65. The molecule has 0 bridgehead atoms. The fourth-order valence-electron chi connectivity index (χ4n) is 4.18. The summed E-state index contributed by atoms with van der Waals surface area (Å²) in [6.45, 7) is 1.23. The zero-order valence-electron chi connectivity index (χ0n) is 17.9. The Bertz CT molecular complexity index is 1070. The quantitative estimate of drug-likeness (QED) is 0.613. The van der Waals surface area contributed by atoms with Crippen LogP contribution in [0.1, 0.15) is 34.7 Å². The maximum atomic E-state index is 6.36. The van der Waals surface area contributed by atoms with E-state index in [0.717, 1.165) is 34.4 Å². The highest BCUT2D eigenvalue weighted by molar-refractivity contribution is 7.19. The third-order valence-electron chi connectivity index (χ3n) is 5.53. The number of thiophene rings is 1. The maximum absolute atomic E-state index is 6.36. The Balaban J connectivity index is 1.57. The topological polar surface area (TPSA) is 82.7 Å². The van der Waals surface area contributed by atoms with Crippen LogP contribution in [0.3, 0.4) is 0 Å². The lowest BCUT2D eigenvalue weighted by Crippen LogP contribution is -2.20. The summed E-state index contributed by atoms with van der Waals surface area (Å²) in [7, 11) is 6.89. The number of nitrogens with zero attached hydrogens (tertiary/aromatic N) is 3. The molecule has 0 saturated carbocycles. The van der Waals surface area contributed by atoms with Gasteiger partial charge in [-0.05, 0) is 44.4 Å². The molecule has 7 nitrogen and oxygen atoms in total. The number of rotatable bonds is 7. The minimum absolute atomic E-state index is 0.584. The van der Waals surface area contributed by atoms with Crippen molar-refractivity contribution in [3.8, 4) is 17.2 Å². The van der Waals surface area contributed by atoms with Crippen LogP contribution in [0.25, 0.3) is 10.2 Å². The van der Waals surface area contributed by atoms with E-state index in [0.29, 0.717) is 36.2 Å². The van der Waals surface area contributed by atoms with Crippen LogP contribution < -0.4 is 19.9 Å². The van der Waals surface area contributed by atoms with Gasteiger partial charge in [-0.1, -0.05) is 6.07 Å². The zero-order chi connectivity index (χ0) is 21.3. The Labute approximate surface area is 180 Å². The first-order chi connectivity index (χ1) is 14.5. The molecule has 0 saturated heterocycles. The molecule has 1 aliphatic rings. The van der Waals surface area contributed by atoms with E-state index in [1.165, 1.54) is 23.3 Å². The molecule has 2 N–H and O–H groups in total. The summed E-state index contributed by atoms with van der Waals surface area (Å²) in [5.74, 6) is 3.25. The van der Waals surface area contributed by atoms with Crippen LogP contribution in [-0.4, -0.2) is 43.2 Å². The number of fused-ring (bicyclic) bond motifs is 3. The molecule has 2 heterocycles. The van der Waals surface area contributed by atoms with Gasteiger partial charge in [0.1, 0.15) is 16.5 Å². The van der Waals surface area contributed by atoms with Crippen molar-refractivity contribution in [2.45, 2.75) is 38.8 Å². The molecule has 0 radical (unpaired) electrons. The van der Waals surface area contributed by atoms with E-state index >= 15 is 0 Å². The second-order valence-corrected chi connectivity index (χ2v) is 8.67. The summed E-state index contributed by atoms with van der Waals surface area (Å²) in [5.41, 5.74) is 8.72. The number of aromatic nitrogens is 2. The largest absolute Gasteiger partial charge is 0.493 e. The molecule has 1 aliphatic carbocycles. The summed E-state index contributed by atoms with van der Waals surface area (Å²) in [6, 6.07) is 3.88. The number of nitrogen functional groups attached to an aromatic ring is 1. The number of ether oxygens (including phenoxy) is 3. The molecule has 0 unspecified atom stereocenters. The van der Waals surface area contributed by atoms with Gasteiger partial charge < -0.3 is 19.9 Å². The third-order valence-corrected chi connectivity index (χ3v) is 6.71. The molecule has 0 spiro atoms. The van der Waals surface area contributed by atoms with Gasteiger partial charge in [-0.2, -0.15) is 0 Å². The highest BCUT2D eigenvalue weighted by atomic mass is 32.1. The zero-order valence-corrected chi connectivity index (χ0v) is 18.8. The van der Waals surface area contributed by atoms with E-state index in [4.69, 9.17) is 24.9 Å². The van der Waals surface area contributed by atoms with Crippen molar-refractivity contribution in [3.63, 3.8) is 0 Å². The Kier molecular flexibility index (Phi) is 5.97. The Morgan fingerprint density at radius 3 is 2.50 bits per heavy atom. The van der Waals surface area contributed by atoms with Crippen molar-refractivity contribution in [2.75, 3.05) is 34.1 Å². The van der Waals surface area contributed by atoms with Crippen molar-refractivity contribution in [2.24, 2.45) is 0 Å². The Morgan fingerprint density at radius 2 is 1.77 bits per heavy atom. The van der Waals surface area contributed by atoms with Gasteiger partial charge in [0.05, 0.1) is 33.3 Å². The molecular formula is C22H28N4O3S. The molecule has 0 aliphatic heterocycles. The van der Waals surface area contributed by atoms with E-state index in [9.17, 15) is 0 Å². The van der Waals surface area contributed by atoms with Crippen LogP contribution in [-0.2, 0) is 25.9 Å². The summed E-state index contributed by atoms with van der Waals surface area (Å²) in [6.07, 6.45) is 4.68. The van der Waals surface area contributed by atoms with Gasteiger partial charge in [0.25, 0.3) is 0 Å². The number of hydrogen-bond donors (Lipinski definition) is 1. The van der Waals surface area contributed by atoms with Gasteiger partial charge in [0.15, 0.2) is 11.5 Å². The van der Waals surface area contributed by atoms with E-state index in [1.54, 1.807) is 32.7 Å². The van der Waals surface area contributed by atoms with E-state index in [1.807, 2.05) is 19.2 Å². The molecule has 160 valence electrons. The first-order valence-corrected chi connectivity index (χ1v) is 10.9. The van der Waals surface area contributed by atoms with Gasteiger partial charge in [-0.3, -0.25) is 4.90 Å². The SMILES string of the molecule is COc1ccc(CN(C)Cc2nc(N)c3c4c(sc3n2)CCCC4)c(OC)c1OC. The van der Waals surface area contributed by atoms with E-state index in [-0.39, 0.29) is 0 Å². The lowest BCUT2D eigenvalue weighted by atomic mass is 9.97. The Morgan fingerprint density at radius 1 is 1.00 bits per heavy atom. The van der Waals surface area contributed by atoms with Crippen LogP contribution in [0.4, 0.5) is 5.82 Å². The fraction of sp³-hybridized carbons (Fsp3) is 0.455. The normalized spacial score (nSPS) is 13.5. The minimum Gasteiger partial charge on any atom is -0.493 e. The number of hydrogen-bond acceptors (Lipinski definition) is 8. The Hall–Kier alpha value is -2.58. The number of benzene rings is 1. The van der Waals surface area contributed by atoms with Crippen molar-refractivity contribution < 1.29 is 14.2 Å². The van der Waals surface area contributed by atoms with Gasteiger partial charge in [-0.25, -0.2) is 9.97 Å². The molecule has 4 rings (SSSR count). The average molecular weight is 429 g/mol. The minimum atomic E-state index is 0.584. The predicted molar refractivity (Wildman–Crippen MR) is 120 cm³/mol. The van der Waals surface area contributed by atoms with Crippen LogP contribution in [0.2, 0.25) is 0 Å². The smallest absolute Gasteiger partial charge is 0.203 e. The highest BCUT2D eigenvalue weighted by Crippen LogP contribution is 2.40. The van der Waals surface area contributed by atoms with Crippen LogP contribution in [0.15, 0.2) is 12.1 Å². The number of anilines is 1. The number of nitrogens with two attached hydrogens (primary N) is 1. The van der Waals surface area contributed by atoms with Crippen LogP contribution >= 0.6 is 11.3 Å². The van der Waals surface area contributed by atoms with E-state index in [2.05, 4.69) is 9.88 Å². The lowest BCUT2D eigenvalue weighted by Gasteiger charge is -2.20. The summed E-state index contributed by atoms with van der Waals surface area (Å²) in [5, 5.41) is 1.07. The second-order valence-electron chi connectivity index (χ2n) is 7.58. The summed E-state index contributed by atoms with van der Waals surface area (Å²) < 4.78 is 16.5. The molecule has 3 aromatic rings. The molecule has 0 fully saturated rings. The molecular weight excluding hydrogens is 400 g/mol. The highest BCUT2D eigenvalue weighted by Gasteiger charge is 2.21. The van der Waals surface area contributed by atoms with Gasteiger partial charge in [0.2, 0.25) is 5.75 Å².